The Hall–Kier alpha value is -1.74. The van der Waals surface area contributed by atoms with Crippen molar-refractivity contribution >= 4 is 0 Å². The quantitative estimate of drug-likeness (QED) is 0.906. The van der Waals surface area contributed by atoms with Crippen LogP contribution in [0.25, 0.3) is 0 Å². The lowest BCUT2D eigenvalue weighted by molar-refractivity contribution is 0.495. The van der Waals surface area contributed by atoms with Crippen molar-refractivity contribution in [2.45, 2.75) is 25.8 Å². The summed E-state index contributed by atoms with van der Waals surface area (Å²) in [6, 6.07) is 11.1. The first-order valence-corrected chi connectivity index (χ1v) is 6.47. The van der Waals surface area contributed by atoms with Crippen LogP contribution in [0.15, 0.2) is 42.6 Å². The molecule has 0 aliphatic rings. The average Bonchev–Trinajstić information content (AvgIpc) is 2.39. The van der Waals surface area contributed by atoms with E-state index >= 15 is 0 Å². The van der Waals surface area contributed by atoms with E-state index in [0.29, 0.717) is 0 Å². The molecular weight excluding hydrogens is 239 g/mol. The number of halogens is 1. The lowest BCUT2D eigenvalue weighted by Gasteiger charge is -2.24. The van der Waals surface area contributed by atoms with E-state index in [4.69, 9.17) is 0 Å². The summed E-state index contributed by atoms with van der Waals surface area (Å²) in [5.41, 5.74) is 2.89. The van der Waals surface area contributed by atoms with Gasteiger partial charge in [0.25, 0.3) is 0 Å². The van der Waals surface area contributed by atoms with Crippen LogP contribution >= 0.6 is 0 Å². The molecule has 0 bridgehead atoms. The van der Waals surface area contributed by atoms with Gasteiger partial charge in [-0.2, -0.15) is 0 Å². The van der Waals surface area contributed by atoms with Crippen molar-refractivity contribution in [1.29, 1.82) is 0 Å². The van der Waals surface area contributed by atoms with E-state index in [1.807, 2.05) is 38.2 Å². The number of aromatic nitrogens is 1. The van der Waals surface area contributed by atoms with Crippen molar-refractivity contribution in [3.8, 4) is 0 Å². The third kappa shape index (κ3) is 3.18. The van der Waals surface area contributed by atoms with Gasteiger partial charge in [-0.25, -0.2) is 4.39 Å². The van der Waals surface area contributed by atoms with Gasteiger partial charge < -0.3 is 5.32 Å². The number of benzene rings is 1. The number of aryl methyl sites for hydroxylation is 1. The van der Waals surface area contributed by atoms with Crippen molar-refractivity contribution in [2.24, 2.45) is 0 Å². The predicted molar refractivity (Wildman–Crippen MR) is 75.6 cm³/mol. The molecule has 2 rings (SSSR count). The number of nitrogens with one attached hydrogen (secondary N) is 1. The summed E-state index contributed by atoms with van der Waals surface area (Å²) in [6.45, 7) is 4.01. The van der Waals surface area contributed by atoms with E-state index in [1.54, 1.807) is 18.3 Å². The second-order valence-electron chi connectivity index (χ2n) is 4.87. The van der Waals surface area contributed by atoms with E-state index in [2.05, 4.69) is 17.2 Å². The maximum atomic E-state index is 13.5. The molecule has 0 saturated carbocycles. The molecule has 2 atom stereocenters. The summed E-state index contributed by atoms with van der Waals surface area (Å²) in [6.07, 6.45) is 1.79. The Morgan fingerprint density at radius 3 is 2.58 bits per heavy atom. The Bertz CT molecular complexity index is 519. The summed E-state index contributed by atoms with van der Waals surface area (Å²) in [4.78, 5) is 4.38. The molecule has 2 nitrogen and oxygen atoms in total. The van der Waals surface area contributed by atoms with Crippen LogP contribution in [0, 0.1) is 12.7 Å². The van der Waals surface area contributed by atoms with Crippen molar-refractivity contribution < 1.29 is 4.39 Å². The maximum Gasteiger partial charge on any atom is 0.123 e. The first-order chi connectivity index (χ1) is 9.11. The molecule has 0 aliphatic heterocycles. The molecular formula is C16H19FN2. The molecule has 1 heterocycles. The lowest BCUT2D eigenvalue weighted by Crippen LogP contribution is -2.23. The highest BCUT2D eigenvalue weighted by molar-refractivity contribution is 5.29. The van der Waals surface area contributed by atoms with Gasteiger partial charge in [-0.1, -0.05) is 19.1 Å². The number of pyridine rings is 1. The monoisotopic (exact) mass is 258 g/mol. The first-order valence-electron chi connectivity index (χ1n) is 6.47. The van der Waals surface area contributed by atoms with Gasteiger partial charge >= 0.3 is 0 Å². The summed E-state index contributed by atoms with van der Waals surface area (Å²) >= 11 is 0. The molecule has 1 N–H and O–H groups in total. The zero-order chi connectivity index (χ0) is 13.8. The molecule has 19 heavy (non-hydrogen) atoms. The Morgan fingerprint density at radius 2 is 2.00 bits per heavy atom. The minimum atomic E-state index is -0.191. The van der Waals surface area contributed by atoms with Gasteiger partial charge in [0.15, 0.2) is 0 Å². The molecule has 0 aliphatic carbocycles. The zero-order valence-corrected chi connectivity index (χ0v) is 11.5. The van der Waals surface area contributed by atoms with Crippen LogP contribution < -0.4 is 5.32 Å². The van der Waals surface area contributed by atoms with Crippen LogP contribution in [0.4, 0.5) is 4.39 Å². The van der Waals surface area contributed by atoms with Gasteiger partial charge in [-0.3, -0.25) is 4.98 Å². The Morgan fingerprint density at radius 1 is 1.21 bits per heavy atom. The fourth-order valence-electron chi connectivity index (χ4n) is 2.47. The van der Waals surface area contributed by atoms with Crippen LogP contribution in [0.2, 0.25) is 0 Å². The highest BCUT2D eigenvalue weighted by Crippen LogP contribution is 2.29. The normalized spacial score (nSPS) is 14.1. The van der Waals surface area contributed by atoms with Gasteiger partial charge in [0.1, 0.15) is 5.82 Å². The minimum absolute atomic E-state index is 0.0456. The number of hydrogen-bond acceptors (Lipinski definition) is 2. The second kappa shape index (κ2) is 5.93. The van der Waals surface area contributed by atoms with Crippen LogP contribution in [0.3, 0.4) is 0 Å². The topological polar surface area (TPSA) is 24.9 Å². The van der Waals surface area contributed by atoms with Gasteiger partial charge in [0.2, 0.25) is 0 Å². The van der Waals surface area contributed by atoms with Crippen LogP contribution in [0.1, 0.15) is 35.7 Å². The van der Waals surface area contributed by atoms with Crippen LogP contribution in [-0.4, -0.2) is 12.0 Å². The summed E-state index contributed by atoms with van der Waals surface area (Å²) in [5, 5.41) is 3.26. The Kier molecular flexibility index (Phi) is 4.27. The third-order valence-electron chi connectivity index (χ3n) is 3.39. The predicted octanol–water partition coefficient (Wildman–Crippen LogP) is 3.59. The molecule has 1 aromatic carbocycles. The number of rotatable bonds is 4. The van der Waals surface area contributed by atoms with Gasteiger partial charge in [-0.05, 0) is 49.4 Å². The average molecular weight is 258 g/mol. The third-order valence-corrected chi connectivity index (χ3v) is 3.39. The van der Waals surface area contributed by atoms with Crippen molar-refractivity contribution in [3.05, 3.63) is 65.2 Å². The van der Waals surface area contributed by atoms with Crippen molar-refractivity contribution in [2.75, 3.05) is 7.05 Å². The molecule has 0 amide bonds. The molecule has 0 fully saturated rings. The number of likely N-dealkylation sites (N-methyl/N-ethyl adjacent to an activating group) is 1. The summed E-state index contributed by atoms with van der Waals surface area (Å²) < 4.78 is 13.5. The molecule has 2 unspecified atom stereocenters. The molecule has 0 saturated heterocycles. The molecule has 1 aromatic heterocycles. The fraction of sp³-hybridized carbons (Fsp3) is 0.312. The zero-order valence-electron chi connectivity index (χ0n) is 11.5. The van der Waals surface area contributed by atoms with E-state index in [9.17, 15) is 4.39 Å². The van der Waals surface area contributed by atoms with Gasteiger partial charge in [0, 0.05) is 23.9 Å². The van der Waals surface area contributed by atoms with Crippen molar-refractivity contribution in [1.82, 2.24) is 10.3 Å². The highest BCUT2D eigenvalue weighted by atomic mass is 19.1. The molecule has 0 spiro atoms. The number of hydrogen-bond donors (Lipinski definition) is 1. The van der Waals surface area contributed by atoms with E-state index in [0.717, 1.165) is 16.8 Å². The summed E-state index contributed by atoms with van der Waals surface area (Å²) in [7, 11) is 1.89. The first kappa shape index (κ1) is 13.7. The molecule has 2 aromatic rings. The highest BCUT2D eigenvalue weighted by Gasteiger charge is 2.20. The van der Waals surface area contributed by atoms with E-state index in [-0.39, 0.29) is 17.8 Å². The van der Waals surface area contributed by atoms with Gasteiger partial charge in [0.05, 0.1) is 0 Å². The SMILES string of the molecule is CNC(c1cc(C)cc(F)c1)C(C)c1ccccn1. The van der Waals surface area contributed by atoms with Gasteiger partial charge in [-0.15, -0.1) is 0 Å². The second-order valence-corrected chi connectivity index (χ2v) is 4.87. The van der Waals surface area contributed by atoms with Crippen molar-refractivity contribution in [3.63, 3.8) is 0 Å². The van der Waals surface area contributed by atoms with Crippen LogP contribution in [-0.2, 0) is 0 Å². The minimum Gasteiger partial charge on any atom is -0.312 e. The molecule has 100 valence electrons. The maximum absolute atomic E-state index is 13.5. The summed E-state index contributed by atoms with van der Waals surface area (Å²) in [5.74, 6) is -0.0177. The largest absolute Gasteiger partial charge is 0.312 e. The molecule has 3 heteroatoms. The van der Waals surface area contributed by atoms with E-state index in [1.165, 1.54) is 0 Å². The lowest BCUT2D eigenvalue weighted by atomic mass is 9.91. The van der Waals surface area contributed by atoms with Crippen LogP contribution in [0.5, 0.6) is 0 Å². The molecule has 0 radical (unpaired) electrons. The van der Waals surface area contributed by atoms with E-state index < -0.39 is 0 Å². The smallest absolute Gasteiger partial charge is 0.123 e. The Labute approximate surface area is 113 Å². The Balaban J connectivity index is 2.34. The number of nitrogens with zero attached hydrogens (tertiary/aromatic N) is 1. The standard InChI is InChI=1S/C16H19FN2/c1-11-8-13(10-14(17)9-11)16(18-3)12(2)15-6-4-5-7-19-15/h4-10,12,16,18H,1-3H3. The fourth-order valence-corrected chi connectivity index (χ4v) is 2.47.